The number of carboxylic acids is 1. The number of rotatable bonds is 4. The minimum Gasteiger partial charge on any atom is -0.480 e. The molecule has 0 saturated carbocycles. The zero-order valence-electron chi connectivity index (χ0n) is 13.7. The van der Waals surface area contributed by atoms with Crippen LogP contribution in [-0.2, 0) is 19.1 Å². The number of aliphatic carboxylic acids is 1. The van der Waals surface area contributed by atoms with Gasteiger partial charge in [0.15, 0.2) is 0 Å². The Kier molecular flexibility index (Phi) is 4.96. The average Bonchev–Trinajstić information content (AvgIpc) is 3.18. The maximum absolute atomic E-state index is 12.8. The normalized spacial score (nSPS) is 26.3. The lowest BCUT2D eigenvalue weighted by atomic mass is 10.1. The second-order valence-corrected chi connectivity index (χ2v) is 6.70. The Labute approximate surface area is 150 Å². The van der Waals surface area contributed by atoms with Gasteiger partial charge in [-0.2, -0.15) is 0 Å². The van der Waals surface area contributed by atoms with Gasteiger partial charge in [-0.25, -0.2) is 4.79 Å². The largest absolute Gasteiger partial charge is 0.480 e. The Balaban J connectivity index is 1.76. The average molecular weight is 367 g/mol. The van der Waals surface area contributed by atoms with E-state index in [1.807, 2.05) is 0 Å². The molecule has 1 N–H and O–H groups in total. The van der Waals surface area contributed by atoms with Gasteiger partial charge >= 0.3 is 5.97 Å². The molecular weight excluding hydrogens is 348 g/mol. The van der Waals surface area contributed by atoms with E-state index in [9.17, 15) is 19.5 Å². The first-order valence-electron chi connectivity index (χ1n) is 8.03. The van der Waals surface area contributed by atoms with Crippen LogP contribution < -0.4 is 4.90 Å². The second-order valence-electron chi connectivity index (χ2n) is 6.29. The molecule has 25 heavy (non-hydrogen) atoms. The molecule has 134 valence electrons. The highest BCUT2D eigenvalue weighted by molar-refractivity contribution is 6.33. The van der Waals surface area contributed by atoms with Gasteiger partial charge in [0.25, 0.3) is 0 Å². The molecule has 0 bridgehead atoms. The number of carboxylic acid groups (broad SMARTS) is 1. The van der Waals surface area contributed by atoms with Crippen LogP contribution in [0, 0.1) is 5.92 Å². The van der Waals surface area contributed by atoms with Gasteiger partial charge in [-0.05, 0) is 12.1 Å². The number of hydrogen-bond acceptors (Lipinski definition) is 4. The van der Waals surface area contributed by atoms with Crippen LogP contribution >= 0.6 is 11.6 Å². The van der Waals surface area contributed by atoms with E-state index in [4.69, 9.17) is 16.3 Å². The highest BCUT2D eigenvalue weighted by atomic mass is 35.5. The van der Waals surface area contributed by atoms with Gasteiger partial charge in [-0.1, -0.05) is 23.7 Å². The molecule has 3 unspecified atom stereocenters. The fraction of sp³-hybridized carbons (Fsp3) is 0.471. The van der Waals surface area contributed by atoms with Gasteiger partial charge in [0.2, 0.25) is 11.8 Å². The molecule has 2 fully saturated rings. The predicted octanol–water partition coefficient (Wildman–Crippen LogP) is 1.39. The summed E-state index contributed by atoms with van der Waals surface area (Å²) in [7, 11) is 1.50. The van der Waals surface area contributed by atoms with Crippen molar-refractivity contribution in [3.05, 3.63) is 29.3 Å². The van der Waals surface area contributed by atoms with Crippen molar-refractivity contribution in [1.29, 1.82) is 0 Å². The first-order valence-corrected chi connectivity index (χ1v) is 8.41. The fourth-order valence-electron chi connectivity index (χ4n) is 3.46. The van der Waals surface area contributed by atoms with E-state index in [0.29, 0.717) is 10.7 Å². The van der Waals surface area contributed by atoms with E-state index in [-0.39, 0.29) is 43.8 Å². The smallest absolute Gasteiger partial charge is 0.326 e. The van der Waals surface area contributed by atoms with Crippen LogP contribution in [-0.4, -0.2) is 60.1 Å². The number of likely N-dealkylation sites (tertiary alicyclic amines) is 1. The summed E-state index contributed by atoms with van der Waals surface area (Å²) in [5, 5.41) is 9.80. The van der Waals surface area contributed by atoms with Gasteiger partial charge in [0.1, 0.15) is 6.04 Å². The van der Waals surface area contributed by atoms with Crippen LogP contribution in [0.3, 0.4) is 0 Å². The molecule has 2 amide bonds. The number of carbonyl (C=O) groups excluding carboxylic acids is 2. The van der Waals surface area contributed by atoms with E-state index >= 15 is 0 Å². The molecule has 2 heterocycles. The molecule has 1 aromatic rings. The maximum atomic E-state index is 12.8. The van der Waals surface area contributed by atoms with E-state index < -0.39 is 17.9 Å². The summed E-state index contributed by atoms with van der Waals surface area (Å²) in [5.41, 5.74) is 0.565. The first-order chi connectivity index (χ1) is 11.9. The first kappa shape index (κ1) is 17.7. The lowest BCUT2D eigenvalue weighted by Crippen LogP contribution is -2.44. The van der Waals surface area contributed by atoms with E-state index in [1.54, 1.807) is 24.3 Å². The molecular formula is C17H19ClN2O5. The minimum absolute atomic E-state index is 0.0462. The second kappa shape index (κ2) is 7.01. The summed E-state index contributed by atoms with van der Waals surface area (Å²) in [6, 6.07) is 6.03. The third kappa shape index (κ3) is 3.34. The van der Waals surface area contributed by atoms with Crippen molar-refractivity contribution in [3.63, 3.8) is 0 Å². The van der Waals surface area contributed by atoms with Crippen molar-refractivity contribution in [1.82, 2.24) is 4.90 Å². The number of hydrogen-bond donors (Lipinski definition) is 1. The van der Waals surface area contributed by atoms with Crippen molar-refractivity contribution >= 4 is 35.1 Å². The molecule has 0 aliphatic carbocycles. The Bertz CT molecular complexity index is 710. The Morgan fingerprint density at radius 2 is 2.00 bits per heavy atom. The highest BCUT2D eigenvalue weighted by Gasteiger charge is 2.45. The summed E-state index contributed by atoms with van der Waals surface area (Å²) >= 11 is 6.14. The number of para-hydroxylation sites is 1. The van der Waals surface area contributed by atoms with Gasteiger partial charge < -0.3 is 19.6 Å². The summed E-state index contributed by atoms with van der Waals surface area (Å²) in [6.07, 6.45) is -0.00127. The van der Waals surface area contributed by atoms with Crippen molar-refractivity contribution in [2.75, 3.05) is 25.1 Å². The lowest BCUT2D eigenvalue weighted by molar-refractivity contribution is -0.149. The zero-order chi connectivity index (χ0) is 18.1. The quantitative estimate of drug-likeness (QED) is 0.870. The zero-order valence-corrected chi connectivity index (χ0v) is 14.5. The number of benzene rings is 1. The van der Waals surface area contributed by atoms with Crippen LogP contribution in [0.5, 0.6) is 0 Å². The highest BCUT2D eigenvalue weighted by Crippen LogP contribution is 2.33. The molecule has 2 aliphatic heterocycles. The molecule has 0 aromatic heterocycles. The molecule has 3 atom stereocenters. The van der Waals surface area contributed by atoms with Crippen LogP contribution in [0.25, 0.3) is 0 Å². The molecule has 0 radical (unpaired) electrons. The molecule has 7 nitrogen and oxygen atoms in total. The van der Waals surface area contributed by atoms with Crippen LogP contribution in [0.2, 0.25) is 5.02 Å². The molecule has 0 spiro atoms. The summed E-state index contributed by atoms with van der Waals surface area (Å²) in [5.74, 6) is -2.16. The summed E-state index contributed by atoms with van der Waals surface area (Å²) < 4.78 is 5.21. The van der Waals surface area contributed by atoms with E-state index in [0.717, 1.165) is 0 Å². The van der Waals surface area contributed by atoms with E-state index in [1.165, 1.54) is 16.9 Å². The Hall–Kier alpha value is -2.12. The lowest BCUT2D eigenvalue weighted by Gasteiger charge is -2.24. The van der Waals surface area contributed by atoms with Gasteiger partial charge in [-0.3, -0.25) is 9.59 Å². The SMILES string of the molecule is COC1CC(C(=O)O)N(C(=O)C2CC(=O)N(c3ccccc3Cl)C2)C1. The number of amides is 2. The predicted molar refractivity (Wildman–Crippen MR) is 90.5 cm³/mol. The standard InChI is InChI=1S/C17H19ClN2O5/c1-25-11-7-14(17(23)24)20(9-11)16(22)10-6-15(21)19(8-10)13-5-3-2-4-12(13)18/h2-5,10-11,14H,6-9H2,1H3,(H,23,24). The van der Waals surface area contributed by atoms with Gasteiger partial charge in [0.05, 0.1) is 22.7 Å². The number of methoxy groups -OCH3 is 1. The van der Waals surface area contributed by atoms with Crippen molar-refractivity contribution in [2.45, 2.75) is 25.0 Å². The number of carbonyl (C=O) groups is 3. The molecule has 2 aliphatic rings. The van der Waals surface area contributed by atoms with Gasteiger partial charge in [0, 0.05) is 33.0 Å². The topological polar surface area (TPSA) is 87.1 Å². The Morgan fingerprint density at radius 1 is 1.28 bits per heavy atom. The van der Waals surface area contributed by atoms with Crippen LogP contribution in [0.1, 0.15) is 12.8 Å². The van der Waals surface area contributed by atoms with Crippen LogP contribution in [0.4, 0.5) is 5.69 Å². The summed E-state index contributed by atoms with van der Waals surface area (Å²) in [6.45, 7) is 0.422. The van der Waals surface area contributed by atoms with Crippen molar-refractivity contribution in [2.24, 2.45) is 5.92 Å². The number of nitrogens with zero attached hydrogens (tertiary/aromatic N) is 2. The van der Waals surface area contributed by atoms with Crippen molar-refractivity contribution in [3.8, 4) is 0 Å². The molecule has 2 saturated heterocycles. The molecule has 1 aromatic carbocycles. The monoisotopic (exact) mass is 366 g/mol. The third-order valence-electron chi connectivity index (χ3n) is 4.78. The molecule has 8 heteroatoms. The minimum atomic E-state index is -1.06. The summed E-state index contributed by atoms with van der Waals surface area (Å²) in [4.78, 5) is 39.4. The maximum Gasteiger partial charge on any atom is 0.326 e. The van der Waals surface area contributed by atoms with E-state index in [2.05, 4.69) is 0 Å². The third-order valence-corrected chi connectivity index (χ3v) is 5.10. The Morgan fingerprint density at radius 3 is 2.64 bits per heavy atom. The molecule has 3 rings (SSSR count). The number of anilines is 1. The number of ether oxygens (including phenoxy) is 1. The fourth-order valence-corrected chi connectivity index (χ4v) is 3.69. The van der Waals surface area contributed by atoms with Gasteiger partial charge in [-0.15, -0.1) is 0 Å². The number of halogens is 1. The van der Waals surface area contributed by atoms with Crippen molar-refractivity contribution < 1.29 is 24.2 Å². The van der Waals surface area contributed by atoms with Crippen LogP contribution in [0.15, 0.2) is 24.3 Å².